The number of amides is 2. The van der Waals surface area contributed by atoms with Crippen LogP contribution in [0.15, 0.2) is 78.9 Å². The molecule has 2 aliphatic rings. The van der Waals surface area contributed by atoms with Gasteiger partial charge in [-0.15, -0.1) is 0 Å². The average Bonchev–Trinajstić information content (AvgIpc) is 2.93. The highest BCUT2D eigenvalue weighted by atomic mass is 16.2. The molecule has 0 radical (unpaired) electrons. The van der Waals surface area contributed by atoms with E-state index in [1.165, 1.54) is 5.69 Å². The van der Waals surface area contributed by atoms with Gasteiger partial charge in [-0.2, -0.15) is 0 Å². The first-order chi connectivity index (χ1) is 17.1. The summed E-state index contributed by atoms with van der Waals surface area (Å²) in [6.07, 6.45) is 2.01. The summed E-state index contributed by atoms with van der Waals surface area (Å²) in [5, 5.41) is 0. The van der Waals surface area contributed by atoms with Gasteiger partial charge >= 0.3 is 0 Å². The van der Waals surface area contributed by atoms with E-state index >= 15 is 0 Å². The molecule has 2 aliphatic heterocycles. The van der Waals surface area contributed by atoms with Gasteiger partial charge in [0.05, 0.1) is 0 Å². The van der Waals surface area contributed by atoms with E-state index in [-0.39, 0.29) is 17.7 Å². The first kappa shape index (κ1) is 23.2. The highest BCUT2D eigenvalue weighted by Gasteiger charge is 2.27. The molecule has 0 N–H and O–H groups in total. The van der Waals surface area contributed by atoms with Gasteiger partial charge in [-0.25, -0.2) is 0 Å². The van der Waals surface area contributed by atoms with E-state index in [4.69, 9.17) is 0 Å². The molecule has 5 heteroatoms. The van der Waals surface area contributed by atoms with Crippen LogP contribution in [0.2, 0.25) is 0 Å². The molecule has 5 rings (SSSR count). The van der Waals surface area contributed by atoms with E-state index in [9.17, 15) is 9.59 Å². The number of piperazine rings is 1. The number of piperidine rings is 1. The normalized spacial score (nSPS) is 18.4. The second kappa shape index (κ2) is 10.3. The van der Waals surface area contributed by atoms with Crippen molar-refractivity contribution < 1.29 is 9.59 Å². The molecule has 0 aromatic heterocycles. The van der Waals surface area contributed by atoms with E-state index in [1.54, 1.807) is 0 Å². The molecule has 2 saturated heterocycles. The molecule has 2 amide bonds. The Morgan fingerprint density at radius 2 is 1.43 bits per heavy atom. The van der Waals surface area contributed by atoms with E-state index < -0.39 is 0 Å². The molecule has 0 saturated carbocycles. The Hall–Kier alpha value is -3.60. The minimum atomic E-state index is 0.0956. The van der Waals surface area contributed by atoms with Crippen molar-refractivity contribution in [2.24, 2.45) is 0 Å². The van der Waals surface area contributed by atoms with Crippen LogP contribution in [-0.4, -0.2) is 60.9 Å². The van der Waals surface area contributed by atoms with Crippen LogP contribution in [0.1, 0.15) is 50.6 Å². The Kier molecular flexibility index (Phi) is 6.84. The topological polar surface area (TPSA) is 43.9 Å². The number of benzene rings is 3. The molecule has 2 heterocycles. The maximum Gasteiger partial charge on any atom is 0.253 e. The summed E-state index contributed by atoms with van der Waals surface area (Å²) < 4.78 is 0. The summed E-state index contributed by atoms with van der Waals surface area (Å²) in [4.78, 5) is 32.6. The summed E-state index contributed by atoms with van der Waals surface area (Å²) in [5.74, 6) is 0.446. The molecule has 1 atom stereocenters. The van der Waals surface area contributed by atoms with E-state index in [2.05, 4.69) is 41.3 Å². The predicted molar refractivity (Wildman–Crippen MR) is 140 cm³/mol. The number of anilines is 1. The minimum Gasteiger partial charge on any atom is -0.368 e. The monoisotopic (exact) mass is 467 g/mol. The van der Waals surface area contributed by atoms with Gasteiger partial charge in [0.1, 0.15) is 0 Å². The van der Waals surface area contributed by atoms with Crippen LogP contribution in [0, 0.1) is 6.92 Å². The van der Waals surface area contributed by atoms with Crippen LogP contribution >= 0.6 is 0 Å². The molecule has 3 aromatic rings. The third-order valence-corrected chi connectivity index (χ3v) is 7.30. The Bertz CT molecular complexity index is 1170. The summed E-state index contributed by atoms with van der Waals surface area (Å²) in [7, 11) is 0. The Labute approximate surface area is 208 Å². The number of aryl methyl sites for hydroxylation is 1. The Balaban J connectivity index is 1.23. The molecule has 180 valence electrons. The van der Waals surface area contributed by atoms with Crippen molar-refractivity contribution in [1.29, 1.82) is 0 Å². The van der Waals surface area contributed by atoms with Gasteiger partial charge in [0, 0.05) is 62.0 Å². The van der Waals surface area contributed by atoms with Crippen LogP contribution in [0.5, 0.6) is 0 Å². The zero-order chi connectivity index (χ0) is 24.2. The van der Waals surface area contributed by atoms with E-state index in [0.29, 0.717) is 6.54 Å². The van der Waals surface area contributed by atoms with Crippen molar-refractivity contribution >= 4 is 17.5 Å². The van der Waals surface area contributed by atoms with Crippen molar-refractivity contribution in [3.8, 4) is 0 Å². The molecule has 0 aliphatic carbocycles. The Morgan fingerprint density at radius 1 is 0.714 bits per heavy atom. The van der Waals surface area contributed by atoms with Crippen LogP contribution in [0.25, 0.3) is 0 Å². The number of hydrogen-bond donors (Lipinski definition) is 0. The van der Waals surface area contributed by atoms with Gasteiger partial charge in [-0.05, 0) is 61.7 Å². The number of rotatable bonds is 4. The molecule has 5 nitrogen and oxygen atoms in total. The number of carbonyl (C=O) groups excluding carboxylic acids is 2. The smallest absolute Gasteiger partial charge is 0.253 e. The van der Waals surface area contributed by atoms with Gasteiger partial charge in [0.15, 0.2) is 0 Å². The first-order valence-electron chi connectivity index (χ1n) is 12.6. The largest absolute Gasteiger partial charge is 0.368 e. The quantitative estimate of drug-likeness (QED) is 0.544. The molecule has 0 spiro atoms. The van der Waals surface area contributed by atoms with Crippen LogP contribution in [0.3, 0.4) is 0 Å². The number of likely N-dealkylation sites (tertiary alicyclic amines) is 1. The SMILES string of the molecule is Cc1ccc(C(=O)N2CCCC(c3cccc(C(=O)N4CCN(c5ccccc5)CC4)c3)C2)cc1. The lowest BCUT2D eigenvalue weighted by Crippen LogP contribution is -2.48. The van der Waals surface area contributed by atoms with Crippen LogP contribution in [-0.2, 0) is 0 Å². The zero-order valence-corrected chi connectivity index (χ0v) is 20.4. The lowest BCUT2D eigenvalue weighted by atomic mass is 9.89. The fraction of sp³-hybridized carbons (Fsp3) is 0.333. The highest BCUT2D eigenvalue weighted by Crippen LogP contribution is 2.29. The fourth-order valence-electron chi connectivity index (χ4n) is 5.23. The highest BCUT2D eigenvalue weighted by molar-refractivity contribution is 5.95. The maximum absolute atomic E-state index is 13.3. The second-order valence-corrected chi connectivity index (χ2v) is 9.70. The fourth-order valence-corrected chi connectivity index (χ4v) is 5.23. The third-order valence-electron chi connectivity index (χ3n) is 7.30. The molecular weight excluding hydrogens is 434 g/mol. The summed E-state index contributed by atoms with van der Waals surface area (Å²) in [6, 6.07) is 26.3. The summed E-state index contributed by atoms with van der Waals surface area (Å²) in [5.41, 5.74) is 5.01. The molecule has 0 bridgehead atoms. The molecule has 3 aromatic carbocycles. The van der Waals surface area contributed by atoms with Crippen LogP contribution in [0.4, 0.5) is 5.69 Å². The van der Waals surface area contributed by atoms with Gasteiger partial charge in [0.2, 0.25) is 0 Å². The summed E-state index contributed by atoms with van der Waals surface area (Å²) in [6.45, 7) is 6.64. The van der Waals surface area contributed by atoms with E-state index in [1.807, 2.05) is 59.2 Å². The van der Waals surface area contributed by atoms with E-state index in [0.717, 1.165) is 67.8 Å². The summed E-state index contributed by atoms with van der Waals surface area (Å²) >= 11 is 0. The average molecular weight is 468 g/mol. The van der Waals surface area contributed by atoms with Crippen molar-refractivity contribution in [3.05, 3.63) is 101 Å². The number of para-hydroxylation sites is 1. The lowest BCUT2D eigenvalue weighted by molar-refractivity contribution is 0.0704. The standard InChI is InChI=1S/C30H33N3O2/c1-23-12-14-24(15-13-23)29(34)33-16-6-9-27(22-33)25-7-5-8-26(21-25)30(35)32-19-17-31(18-20-32)28-10-3-2-4-11-28/h2-5,7-8,10-15,21,27H,6,9,16-20,22H2,1H3. The first-order valence-corrected chi connectivity index (χ1v) is 12.6. The van der Waals surface area contributed by atoms with Crippen molar-refractivity contribution in [2.75, 3.05) is 44.2 Å². The van der Waals surface area contributed by atoms with Gasteiger partial charge in [-0.3, -0.25) is 9.59 Å². The maximum atomic E-state index is 13.3. The number of carbonyl (C=O) groups is 2. The van der Waals surface area contributed by atoms with Crippen molar-refractivity contribution in [2.45, 2.75) is 25.7 Å². The molecule has 1 unspecified atom stereocenters. The van der Waals surface area contributed by atoms with Gasteiger partial charge in [-0.1, -0.05) is 48.0 Å². The van der Waals surface area contributed by atoms with Crippen LogP contribution < -0.4 is 4.90 Å². The Morgan fingerprint density at radius 3 is 2.17 bits per heavy atom. The minimum absolute atomic E-state index is 0.0956. The zero-order valence-electron chi connectivity index (χ0n) is 20.4. The van der Waals surface area contributed by atoms with Crippen molar-refractivity contribution in [1.82, 2.24) is 9.80 Å². The molecule has 2 fully saturated rings. The third kappa shape index (κ3) is 5.24. The van der Waals surface area contributed by atoms with Gasteiger partial charge < -0.3 is 14.7 Å². The molecule has 35 heavy (non-hydrogen) atoms. The second-order valence-electron chi connectivity index (χ2n) is 9.70. The lowest BCUT2D eigenvalue weighted by Gasteiger charge is -2.36. The number of hydrogen-bond acceptors (Lipinski definition) is 3. The molecular formula is C30H33N3O2. The van der Waals surface area contributed by atoms with Gasteiger partial charge in [0.25, 0.3) is 11.8 Å². The van der Waals surface area contributed by atoms with Crippen molar-refractivity contribution in [3.63, 3.8) is 0 Å². The predicted octanol–water partition coefficient (Wildman–Crippen LogP) is 4.98. The number of nitrogens with zero attached hydrogens (tertiary/aromatic N) is 3.